The summed E-state index contributed by atoms with van der Waals surface area (Å²) in [6, 6.07) is 0. The fourth-order valence-corrected chi connectivity index (χ4v) is 2.33. The van der Waals surface area contributed by atoms with Crippen LogP contribution in [0.5, 0.6) is 0 Å². The molecule has 1 atom stereocenters. The summed E-state index contributed by atoms with van der Waals surface area (Å²) in [5.74, 6) is 0. The van der Waals surface area contributed by atoms with Crippen molar-refractivity contribution in [3.8, 4) is 0 Å². The molecule has 1 saturated heterocycles. The number of ether oxygens (including phenoxy) is 1. The summed E-state index contributed by atoms with van der Waals surface area (Å²) in [7, 11) is 1.84. The minimum absolute atomic E-state index is 0.0850. The van der Waals surface area contributed by atoms with Crippen LogP contribution in [0.15, 0.2) is 0 Å². The molecule has 16 heavy (non-hydrogen) atoms. The van der Waals surface area contributed by atoms with Crippen LogP contribution in [0.4, 0.5) is 0 Å². The minimum atomic E-state index is 0.0850. The summed E-state index contributed by atoms with van der Waals surface area (Å²) in [5, 5.41) is 3.50. The third kappa shape index (κ3) is 4.81. The first-order valence-corrected chi connectivity index (χ1v) is 6.68. The van der Waals surface area contributed by atoms with Gasteiger partial charge in [-0.15, -0.1) is 0 Å². The van der Waals surface area contributed by atoms with Crippen LogP contribution in [0.25, 0.3) is 0 Å². The second-order valence-corrected chi connectivity index (χ2v) is 5.14. The van der Waals surface area contributed by atoms with Crippen molar-refractivity contribution in [3.05, 3.63) is 0 Å². The zero-order valence-corrected chi connectivity index (χ0v) is 11.2. The smallest absolute Gasteiger partial charge is 0.0777 e. The zero-order valence-electron chi connectivity index (χ0n) is 11.2. The molecular formula is C13H28N2O. The Labute approximate surface area is 101 Å². The number of hydrogen-bond acceptors (Lipinski definition) is 3. The first kappa shape index (κ1) is 13.9. The average molecular weight is 228 g/mol. The van der Waals surface area contributed by atoms with Gasteiger partial charge in [0.1, 0.15) is 0 Å². The third-order valence-corrected chi connectivity index (χ3v) is 3.54. The summed E-state index contributed by atoms with van der Waals surface area (Å²) in [5.41, 5.74) is 0.0850. The van der Waals surface area contributed by atoms with Gasteiger partial charge in [0.15, 0.2) is 0 Å². The first-order valence-electron chi connectivity index (χ1n) is 6.68. The maximum Gasteiger partial charge on any atom is 0.0777 e. The number of nitrogens with one attached hydrogen (secondary N) is 1. The van der Waals surface area contributed by atoms with E-state index < -0.39 is 0 Å². The van der Waals surface area contributed by atoms with Crippen molar-refractivity contribution >= 4 is 0 Å². The zero-order chi connectivity index (χ0) is 11.9. The van der Waals surface area contributed by atoms with Gasteiger partial charge in [0.2, 0.25) is 0 Å². The summed E-state index contributed by atoms with van der Waals surface area (Å²) in [4.78, 5) is 2.52. The number of rotatable bonds is 7. The van der Waals surface area contributed by atoms with Crippen LogP contribution in [0.2, 0.25) is 0 Å². The van der Waals surface area contributed by atoms with Crippen LogP contribution in [-0.4, -0.2) is 50.3 Å². The molecule has 1 unspecified atom stereocenters. The fraction of sp³-hybridized carbons (Fsp3) is 1.00. The third-order valence-electron chi connectivity index (χ3n) is 3.54. The molecule has 0 spiro atoms. The molecular weight excluding hydrogens is 200 g/mol. The van der Waals surface area contributed by atoms with E-state index in [-0.39, 0.29) is 5.60 Å². The highest BCUT2D eigenvalue weighted by atomic mass is 16.5. The largest absolute Gasteiger partial charge is 0.377 e. The molecule has 0 saturated carbocycles. The molecule has 1 heterocycles. The number of piperidine rings is 1. The van der Waals surface area contributed by atoms with Gasteiger partial charge in [0, 0.05) is 26.7 Å². The predicted octanol–water partition coefficient (Wildman–Crippen LogP) is 1.88. The van der Waals surface area contributed by atoms with Gasteiger partial charge >= 0.3 is 0 Å². The summed E-state index contributed by atoms with van der Waals surface area (Å²) >= 11 is 0. The van der Waals surface area contributed by atoms with E-state index in [1.165, 1.54) is 32.2 Å². The lowest BCUT2D eigenvalue weighted by Crippen LogP contribution is -2.49. The lowest BCUT2D eigenvalue weighted by molar-refractivity contribution is -0.0502. The van der Waals surface area contributed by atoms with Gasteiger partial charge in [-0.05, 0) is 39.3 Å². The van der Waals surface area contributed by atoms with Crippen molar-refractivity contribution in [1.82, 2.24) is 10.2 Å². The fourth-order valence-electron chi connectivity index (χ4n) is 2.33. The summed E-state index contributed by atoms with van der Waals surface area (Å²) in [6.07, 6.45) is 5.02. The molecule has 1 aliphatic rings. The summed E-state index contributed by atoms with van der Waals surface area (Å²) < 4.78 is 5.59. The Morgan fingerprint density at radius 3 is 2.88 bits per heavy atom. The van der Waals surface area contributed by atoms with E-state index in [1.807, 2.05) is 7.11 Å². The highest BCUT2D eigenvalue weighted by Gasteiger charge is 2.30. The highest BCUT2D eigenvalue weighted by Crippen LogP contribution is 2.23. The Bertz CT molecular complexity index is 187. The highest BCUT2D eigenvalue weighted by molar-refractivity contribution is 4.84. The van der Waals surface area contributed by atoms with Gasteiger partial charge in [-0.1, -0.05) is 13.3 Å². The molecule has 0 bridgehead atoms. The van der Waals surface area contributed by atoms with E-state index in [2.05, 4.69) is 24.1 Å². The molecule has 0 radical (unpaired) electrons. The average Bonchev–Trinajstić information content (AvgIpc) is 2.29. The maximum atomic E-state index is 5.59. The molecule has 1 aliphatic heterocycles. The lowest BCUT2D eigenvalue weighted by Gasteiger charge is -2.39. The Morgan fingerprint density at radius 2 is 2.19 bits per heavy atom. The minimum Gasteiger partial charge on any atom is -0.377 e. The van der Waals surface area contributed by atoms with E-state index >= 15 is 0 Å². The molecule has 0 aromatic rings. The first-order chi connectivity index (χ1) is 7.70. The van der Waals surface area contributed by atoms with Gasteiger partial charge in [0.05, 0.1) is 5.60 Å². The van der Waals surface area contributed by atoms with E-state index in [0.29, 0.717) is 0 Å². The van der Waals surface area contributed by atoms with Crippen LogP contribution in [0.3, 0.4) is 0 Å². The van der Waals surface area contributed by atoms with Crippen molar-refractivity contribution in [2.24, 2.45) is 0 Å². The molecule has 0 aromatic carbocycles. The molecule has 3 heteroatoms. The molecule has 1 fully saturated rings. The predicted molar refractivity (Wildman–Crippen MR) is 68.9 cm³/mol. The Balaban J connectivity index is 2.12. The van der Waals surface area contributed by atoms with Gasteiger partial charge in [-0.25, -0.2) is 0 Å². The number of unbranched alkanes of at least 4 members (excludes halogenated alkanes) is 1. The molecule has 0 aliphatic carbocycles. The van der Waals surface area contributed by atoms with E-state index in [0.717, 1.165) is 26.2 Å². The number of likely N-dealkylation sites (tertiary alicyclic amines) is 1. The van der Waals surface area contributed by atoms with E-state index in [4.69, 9.17) is 4.74 Å². The normalized spacial score (nSPS) is 27.2. The number of methoxy groups -OCH3 is 1. The Morgan fingerprint density at radius 1 is 1.38 bits per heavy atom. The quantitative estimate of drug-likeness (QED) is 0.673. The monoisotopic (exact) mass is 228 g/mol. The lowest BCUT2D eigenvalue weighted by atomic mass is 9.95. The standard InChI is InChI=1S/C13H28N2O/c1-4-5-8-14-9-11-15-10-6-7-13(2,12-15)16-3/h14H,4-12H2,1-3H3. The van der Waals surface area contributed by atoms with E-state index in [9.17, 15) is 0 Å². The topological polar surface area (TPSA) is 24.5 Å². The molecule has 3 nitrogen and oxygen atoms in total. The SMILES string of the molecule is CCCCNCCN1CCCC(C)(OC)C1. The van der Waals surface area contributed by atoms with Gasteiger partial charge in [-0.3, -0.25) is 4.90 Å². The van der Waals surface area contributed by atoms with Crippen LogP contribution in [0, 0.1) is 0 Å². The van der Waals surface area contributed by atoms with Gasteiger partial charge in [-0.2, -0.15) is 0 Å². The van der Waals surface area contributed by atoms with Gasteiger partial charge < -0.3 is 10.1 Å². The Kier molecular flexibility index (Phi) is 6.32. The van der Waals surface area contributed by atoms with Crippen molar-refractivity contribution < 1.29 is 4.74 Å². The maximum absolute atomic E-state index is 5.59. The second kappa shape index (κ2) is 7.25. The molecule has 96 valence electrons. The van der Waals surface area contributed by atoms with Crippen molar-refractivity contribution in [3.63, 3.8) is 0 Å². The second-order valence-electron chi connectivity index (χ2n) is 5.14. The van der Waals surface area contributed by atoms with Crippen molar-refractivity contribution in [1.29, 1.82) is 0 Å². The van der Waals surface area contributed by atoms with Gasteiger partial charge in [0.25, 0.3) is 0 Å². The van der Waals surface area contributed by atoms with Crippen LogP contribution < -0.4 is 5.32 Å². The summed E-state index contributed by atoms with van der Waals surface area (Å²) in [6.45, 7) is 10.2. The van der Waals surface area contributed by atoms with Crippen LogP contribution >= 0.6 is 0 Å². The molecule has 0 aromatic heterocycles. The Hall–Kier alpha value is -0.120. The number of nitrogens with zero attached hydrogens (tertiary/aromatic N) is 1. The van der Waals surface area contributed by atoms with Crippen LogP contribution in [0.1, 0.15) is 39.5 Å². The van der Waals surface area contributed by atoms with Crippen molar-refractivity contribution in [2.75, 3.05) is 39.8 Å². The van der Waals surface area contributed by atoms with Crippen LogP contribution in [-0.2, 0) is 4.74 Å². The van der Waals surface area contributed by atoms with Crippen molar-refractivity contribution in [2.45, 2.75) is 45.1 Å². The molecule has 1 N–H and O–H groups in total. The van der Waals surface area contributed by atoms with E-state index in [1.54, 1.807) is 0 Å². The molecule has 0 amide bonds. The number of hydrogen-bond donors (Lipinski definition) is 1. The molecule has 1 rings (SSSR count).